The number of aliphatic hydroxyl groups is 1. The molecule has 0 amide bonds. The average Bonchev–Trinajstić information content (AvgIpc) is 2.44. The number of ether oxygens (including phenoxy) is 2. The number of anilines is 1. The van der Waals surface area contributed by atoms with Gasteiger partial charge in [-0.25, -0.2) is 4.39 Å². The van der Waals surface area contributed by atoms with Crippen LogP contribution in [0.1, 0.15) is 5.56 Å². The van der Waals surface area contributed by atoms with E-state index in [4.69, 9.17) is 20.3 Å². The molecular formula is C15H16FNO3. The first-order chi connectivity index (χ1) is 9.65. The van der Waals surface area contributed by atoms with E-state index in [0.29, 0.717) is 17.9 Å². The molecule has 0 heterocycles. The van der Waals surface area contributed by atoms with E-state index in [0.717, 1.165) is 11.6 Å². The highest BCUT2D eigenvalue weighted by Gasteiger charge is 2.12. The summed E-state index contributed by atoms with van der Waals surface area (Å²) in [4.78, 5) is 0. The Balaban J connectivity index is 2.35. The fourth-order valence-electron chi connectivity index (χ4n) is 1.85. The van der Waals surface area contributed by atoms with Crippen LogP contribution in [0, 0.1) is 5.82 Å². The van der Waals surface area contributed by atoms with E-state index >= 15 is 0 Å². The van der Waals surface area contributed by atoms with Crippen LogP contribution in [-0.4, -0.2) is 18.8 Å². The molecule has 2 aromatic rings. The summed E-state index contributed by atoms with van der Waals surface area (Å²) < 4.78 is 24.5. The number of hydrogen-bond acceptors (Lipinski definition) is 4. The minimum absolute atomic E-state index is 0.00604. The normalized spacial score (nSPS) is 10.3. The van der Waals surface area contributed by atoms with Crippen molar-refractivity contribution in [2.75, 3.05) is 19.5 Å². The molecule has 0 aliphatic carbocycles. The zero-order chi connectivity index (χ0) is 14.5. The maximum Gasteiger partial charge on any atom is 0.168 e. The van der Waals surface area contributed by atoms with Crippen molar-refractivity contribution in [1.29, 1.82) is 0 Å². The van der Waals surface area contributed by atoms with E-state index < -0.39 is 5.82 Å². The Labute approximate surface area is 116 Å². The van der Waals surface area contributed by atoms with Crippen molar-refractivity contribution < 1.29 is 19.0 Å². The second kappa shape index (κ2) is 6.25. The lowest BCUT2D eigenvalue weighted by Crippen LogP contribution is -1.99. The summed E-state index contributed by atoms with van der Waals surface area (Å²) in [6, 6.07) is 9.70. The first-order valence-corrected chi connectivity index (χ1v) is 6.15. The highest BCUT2D eigenvalue weighted by molar-refractivity contribution is 5.57. The van der Waals surface area contributed by atoms with Crippen LogP contribution < -0.4 is 15.2 Å². The van der Waals surface area contributed by atoms with Crippen LogP contribution in [-0.2, 0) is 6.42 Å². The molecule has 106 valence electrons. The Bertz CT molecular complexity index is 602. The van der Waals surface area contributed by atoms with Crippen LogP contribution >= 0.6 is 0 Å². The molecule has 0 aliphatic rings. The van der Waals surface area contributed by atoms with Crippen LogP contribution in [0.4, 0.5) is 10.1 Å². The van der Waals surface area contributed by atoms with E-state index in [1.54, 1.807) is 12.1 Å². The standard InChI is InChI=1S/C15H16FNO3/c1-19-15-9-14(11(16)8-12(15)17)20-13-5-3-2-4-10(13)6-7-18/h2-5,8-9,18H,6-7,17H2,1H3. The third kappa shape index (κ3) is 3.00. The molecule has 20 heavy (non-hydrogen) atoms. The van der Waals surface area contributed by atoms with Gasteiger partial charge in [0.15, 0.2) is 11.6 Å². The lowest BCUT2D eigenvalue weighted by Gasteiger charge is -2.13. The third-order valence-electron chi connectivity index (χ3n) is 2.86. The summed E-state index contributed by atoms with van der Waals surface area (Å²) in [6.07, 6.45) is 0.434. The minimum Gasteiger partial charge on any atom is -0.494 e. The molecule has 0 radical (unpaired) electrons. The highest BCUT2D eigenvalue weighted by Crippen LogP contribution is 2.34. The van der Waals surface area contributed by atoms with Gasteiger partial charge in [0, 0.05) is 18.7 Å². The summed E-state index contributed by atoms with van der Waals surface area (Å²) in [5, 5.41) is 9.02. The van der Waals surface area contributed by atoms with Gasteiger partial charge in [-0.2, -0.15) is 0 Å². The zero-order valence-electron chi connectivity index (χ0n) is 11.1. The van der Waals surface area contributed by atoms with Crippen LogP contribution in [0.2, 0.25) is 0 Å². The topological polar surface area (TPSA) is 64.7 Å². The predicted octanol–water partition coefficient (Wildman–Crippen LogP) is 2.74. The molecule has 4 nitrogen and oxygen atoms in total. The molecule has 0 bridgehead atoms. The minimum atomic E-state index is -0.567. The number of nitrogens with two attached hydrogens (primary N) is 1. The summed E-state index contributed by atoms with van der Waals surface area (Å²) >= 11 is 0. The second-order valence-corrected chi connectivity index (χ2v) is 4.21. The van der Waals surface area contributed by atoms with Crippen molar-refractivity contribution in [3.63, 3.8) is 0 Å². The molecule has 0 aliphatic heterocycles. The number of benzene rings is 2. The Morgan fingerprint density at radius 3 is 2.60 bits per heavy atom. The summed E-state index contributed by atoms with van der Waals surface area (Å²) in [6.45, 7) is -0.00604. The summed E-state index contributed by atoms with van der Waals surface area (Å²) in [5.41, 5.74) is 6.62. The Morgan fingerprint density at radius 1 is 1.15 bits per heavy atom. The highest BCUT2D eigenvalue weighted by atomic mass is 19.1. The van der Waals surface area contributed by atoms with Gasteiger partial charge in [-0.3, -0.25) is 0 Å². The second-order valence-electron chi connectivity index (χ2n) is 4.21. The number of halogens is 1. The molecule has 0 saturated heterocycles. The Kier molecular flexibility index (Phi) is 4.42. The molecule has 0 unspecified atom stereocenters. The van der Waals surface area contributed by atoms with Crippen LogP contribution in [0.5, 0.6) is 17.2 Å². The van der Waals surface area contributed by atoms with Crippen molar-refractivity contribution in [1.82, 2.24) is 0 Å². The lowest BCUT2D eigenvalue weighted by molar-refractivity contribution is 0.297. The van der Waals surface area contributed by atoms with Crippen LogP contribution in [0.3, 0.4) is 0 Å². The molecule has 0 aromatic heterocycles. The fraction of sp³-hybridized carbons (Fsp3) is 0.200. The van der Waals surface area contributed by atoms with Gasteiger partial charge >= 0.3 is 0 Å². The van der Waals surface area contributed by atoms with Gasteiger partial charge in [0.1, 0.15) is 11.5 Å². The molecule has 5 heteroatoms. The molecule has 2 rings (SSSR count). The number of aliphatic hydroxyl groups excluding tert-OH is 1. The van der Waals surface area contributed by atoms with Gasteiger partial charge in [-0.05, 0) is 18.1 Å². The van der Waals surface area contributed by atoms with E-state index in [1.165, 1.54) is 13.2 Å². The molecule has 0 saturated carbocycles. The van der Waals surface area contributed by atoms with Crippen molar-refractivity contribution in [2.24, 2.45) is 0 Å². The van der Waals surface area contributed by atoms with Gasteiger partial charge in [0.25, 0.3) is 0 Å². The van der Waals surface area contributed by atoms with E-state index in [9.17, 15) is 4.39 Å². The van der Waals surface area contributed by atoms with E-state index in [2.05, 4.69) is 0 Å². The van der Waals surface area contributed by atoms with Gasteiger partial charge < -0.3 is 20.3 Å². The largest absolute Gasteiger partial charge is 0.494 e. The van der Waals surface area contributed by atoms with Crippen molar-refractivity contribution in [3.8, 4) is 17.2 Å². The molecular weight excluding hydrogens is 261 g/mol. The van der Waals surface area contributed by atoms with Gasteiger partial charge in [0.05, 0.1) is 12.8 Å². The number of para-hydroxylation sites is 1. The maximum atomic E-state index is 13.9. The average molecular weight is 277 g/mol. The predicted molar refractivity (Wildman–Crippen MR) is 74.7 cm³/mol. The molecule has 3 N–H and O–H groups in total. The zero-order valence-corrected chi connectivity index (χ0v) is 11.1. The fourth-order valence-corrected chi connectivity index (χ4v) is 1.85. The Hall–Kier alpha value is -2.27. The molecule has 0 fully saturated rings. The van der Waals surface area contributed by atoms with Crippen LogP contribution in [0.15, 0.2) is 36.4 Å². The lowest BCUT2D eigenvalue weighted by atomic mass is 10.1. The molecule has 0 atom stereocenters. The van der Waals surface area contributed by atoms with Gasteiger partial charge in [0.2, 0.25) is 0 Å². The summed E-state index contributed by atoms with van der Waals surface area (Å²) in [5.74, 6) is 0.303. The number of hydrogen-bond donors (Lipinski definition) is 2. The number of nitrogen functional groups attached to an aromatic ring is 1. The van der Waals surface area contributed by atoms with Gasteiger partial charge in [-0.15, -0.1) is 0 Å². The van der Waals surface area contributed by atoms with Crippen molar-refractivity contribution in [2.45, 2.75) is 6.42 Å². The maximum absolute atomic E-state index is 13.9. The summed E-state index contributed by atoms with van der Waals surface area (Å²) in [7, 11) is 1.45. The van der Waals surface area contributed by atoms with Gasteiger partial charge in [-0.1, -0.05) is 18.2 Å². The first-order valence-electron chi connectivity index (χ1n) is 6.15. The number of rotatable bonds is 5. The quantitative estimate of drug-likeness (QED) is 0.825. The monoisotopic (exact) mass is 277 g/mol. The molecule has 2 aromatic carbocycles. The SMILES string of the molecule is COc1cc(Oc2ccccc2CCO)c(F)cc1N. The Morgan fingerprint density at radius 2 is 1.90 bits per heavy atom. The third-order valence-corrected chi connectivity index (χ3v) is 2.86. The molecule has 0 spiro atoms. The first kappa shape index (κ1) is 14.1. The van der Waals surface area contributed by atoms with Crippen LogP contribution in [0.25, 0.3) is 0 Å². The van der Waals surface area contributed by atoms with Crippen molar-refractivity contribution >= 4 is 5.69 Å². The van der Waals surface area contributed by atoms with Crippen molar-refractivity contribution in [3.05, 3.63) is 47.8 Å². The van der Waals surface area contributed by atoms with E-state index in [-0.39, 0.29) is 18.0 Å². The van der Waals surface area contributed by atoms with E-state index in [1.807, 2.05) is 12.1 Å². The smallest absolute Gasteiger partial charge is 0.168 e. The number of methoxy groups -OCH3 is 1.